The smallest absolute Gasteiger partial charge is 0.259 e. The molecule has 2 N–H and O–H groups in total. The summed E-state index contributed by atoms with van der Waals surface area (Å²) in [4.78, 5) is 12.3. The zero-order valence-electron chi connectivity index (χ0n) is 11.4. The molecule has 0 saturated heterocycles. The molecule has 0 saturated carbocycles. The highest BCUT2D eigenvalue weighted by Gasteiger charge is 2.16. The number of amides is 1. The van der Waals surface area contributed by atoms with Gasteiger partial charge in [-0.3, -0.25) is 4.79 Å². The summed E-state index contributed by atoms with van der Waals surface area (Å²) in [6, 6.07) is 8.29. The molecule has 0 aromatic heterocycles. The van der Waals surface area contributed by atoms with Gasteiger partial charge in [0.05, 0.1) is 18.4 Å². The van der Waals surface area contributed by atoms with Gasteiger partial charge in [0, 0.05) is 8.95 Å². The third-order valence-corrected chi connectivity index (χ3v) is 4.12. The molecule has 0 spiro atoms. The standard InChI is InChI=1S/C15H13Br2NO3/c1-8-5-11(16)14(12(17)6-8)18-15(20)10-7-9(21-2)3-4-13(10)19/h3-7,19H,1-2H3,(H,18,20). The van der Waals surface area contributed by atoms with Gasteiger partial charge < -0.3 is 15.2 Å². The molecule has 0 bridgehead atoms. The molecular formula is C15H13Br2NO3. The van der Waals surface area contributed by atoms with Crippen molar-refractivity contribution in [2.45, 2.75) is 6.92 Å². The van der Waals surface area contributed by atoms with E-state index in [4.69, 9.17) is 4.74 Å². The maximum absolute atomic E-state index is 12.3. The van der Waals surface area contributed by atoms with Gasteiger partial charge >= 0.3 is 0 Å². The van der Waals surface area contributed by atoms with Crippen LogP contribution in [0.1, 0.15) is 15.9 Å². The molecule has 0 aliphatic heterocycles. The predicted molar refractivity (Wildman–Crippen MR) is 89.2 cm³/mol. The molecule has 0 radical (unpaired) electrons. The molecule has 110 valence electrons. The fraction of sp³-hybridized carbons (Fsp3) is 0.133. The Labute approximate surface area is 139 Å². The second-order valence-electron chi connectivity index (χ2n) is 4.44. The van der Waals surface area contributed by atoms with E-state index < -0.39 is 5.91 Å². The van der Waals surface area contributed by atoms with Crippen molar-refractivity contribution < 1.29 is 14.6 Å². The second kappa shape index (κ2) is 6.49. The van der Waals surface area contributed by atoms with Crippen LogP contribution in [0.15, 0.2) is 39.3 Å². The van der Waals surface area contributed by atoms with Gasteiger partial charge in [-0.25, -0.2) is 0 Å². The Morgan fingerprint density at radius 2 is 1.81 bits per heavy atom. The van der Waals surface area contributed by atoms with E-state index in [0.29, 0.717) is 11.4 Å². The summed E-state index contributed by atoms with van der Waals surface area (Å²) in [5.74, 6) is -0.0238. The highest BCUT2D eigenvalue weighted by molar-refractivity contribution is 9.11. The van der Waals surface area contributed by atoms with Gasteiger partial charge in [-0.2, -0.15) is 0 Å². The van der Waals surface area contributed by atoms with E-state index in [1.165, 1.54) is 19.2 Å². The molecular weight excluding hydrogens is 402 g/mol. The minimum atomic E-state index is -0.420. The van der Waals surface area contributed by atoms with Crippen LogP contribution in [0.5, 0.6) is 11.5 Å². The Morgan fingerprint density at radius 3 is 2.38 bits per heavy atom. The maximum atomic E-state index is 12.3. The van der Waals surface area contributed by atoms with E-state index in [2.05, 4.69) is 37.2 Å². The second-order valence-corrected chi connectivity index (χ2v) is 6.15. The summed E-state index contributed by atoms with van der Waals surface area (Å²) < 4.78 is 6.57. The van der Waals surface area contributed by atoms with E-state index in [9.17, 15) is 9.90 Å². The molecule has 4 nitrogen and oxygen atoms in total. The average Bonchev–Trinajstić information content (AvgIpc) is 2.43. The van der Waals surface area contributed by atoms with Crippen molar-refractivity contribution in [1.29, 1.82) is 0 Å². The third-order valence-electron chi connectivity index (χ3n) is 2.87. The molecule has 0 aliphatic carbocycles. The van der Waals surface area contributed by atoms with Gasteiger partial charge in [-0.05, 0) is 74.7 Å². The van der Waals surface area contributed by atoms with Crippen molar-refractivity contribution in [1.82, 2.24) is 0 Å². The Kier molecular flexibility index (Phi) is 4.90. The van der Waals surface area contributed by atoms with Crippen molar-refractivity contribution in [3.63, 3.8) is 0 Å². The van der Waals surface area contributed by atoms with Gasteiger partial charge in [-0.15, -0.1) is 0 Å². The van der Waals surface area contributed by atoms with Crippen LogP contribution < -0.4 is 10.1 Å². The quantitative estimate of drug-likeness (QED) is 0.777. The first-order valence-electron chi connectivity index (χ1n) is 6.06. The number of halogens is 2. The fourth-order valence-electron chi connectivity index (χ4n) is 1.82. The van der Waals surface area contributed by atoms with Gasteiger partial charge in [-0.1, -0.05) is 0 Å². The van der Waals surface area contributed by atoms with Crippen LogP contribution in [-0.2, 0) is 0 Å². The van der Waals surface area contributed by atoms with Crippen molar-refractivity contribution >= 4 is 43.5 Å². The first kappa shape index (κ1) is 15.9. The highest BCUT2D eigenvalue weighted by atomic mass is 79.9. The molecule has 0 aliphatic rings. The third kappa shape index (κ3) is 3.57. The van der Waals surface area contributed by atoms with Crippen LogP contribution in [0.4, 0.5) is 5.69 Å². The lowest BCUT2D eigenvalue weighted by Crippen LogP contribution is -2.13. The minimum Gasteiger partial charge on any atom is -0.507 e. The monoisotopic (exact) mass is 413 g/mol. The summed E-state index contributed by atoms with van der Waals surface area (Å²) in [6.45, 7) is 1.95. The largest absolute Gasteiger partial charge is 0.507 e. The summed E-state index contributed by atoms with van der Waals surface area (Å²) in [6.07, 6.45) is 0. The lowest BCUT2D eigenvalue weighted by Gasteiger charge is -2.12. The Bertz CT molecular complexity index is 678. The van der Waals surface area contributed by atoms with Crippen LogP contribution in [0.25, 0.3) is 0 Å². The molecule has 0 unspecified atom stereocenters. The zero-order valence-corrected chi connectivity index (χ0v) is 14.6. The SMILES string of the molecule is COc1ccc(O)c(C(=O)Nc2c(Br)cc(C)cc2Br)c1. The van der Waals surface area contributed by atoms with Crippen LogP contribution in [0.3, 0.4) is 0 Å². The first-order chi connectivity index (χ1) is 9.92. The van der Waals surface area contributed by atoms with Crippen molar-refractivity contribution in [3.05, 3.63) is 50.4 Å². The number of carbonyl (C=O) groups excluding carboxylic acids is 1. The molecule has 2 aromatic rings. The number of phenols is 1. The van der Waals surface area contributed by atoms with E-state index in [1.807, 2.05) is 19.1 Å². The molecule has 2 rings (SSSR count). The van der Waals surface area contributed by atoms with E-state index in [1.54, 1.807) is 6.07 Å². The number of carbonyl (C=O) groups is 1. The zero-order chi connectivity index (χ0) is 15.6. The Morgan fingerprint density at radius 1 is 1.19 bits per heavy atom. The van der Waals surface area contributed by atoms with Crippen LogP contribution in [0, 0.1) is 6.92 Å². The first-order valence-corrected chi connectivity index (χ1v) is 7.65. The fourth-order valence-corrected chi connectivity index (χ4v) is 3.44. The number of nitrogens with one attached hydrogen (secondary N) is 1. The minimum absolute atomic E-state index is 0.104. The lowest BCUT2D eigenvalue weighted by molar-refractivity contribution is 0.102. The lowest BCUT2D eigenvalue weighted by atomic mass is 10.1. The number of aryl methyl sites for hydroxylation is 1. The van der Waals surface area contributed by atoms with Crippen LogP contribution in [-0.4, -0.2) is 18.1 Å². The number of anilines is 1. The van der Waals surface area contributed by atoms with E-state index in [-0.39, 0.29) is 11.3 Å². The molecule has 0 atom stereocenters. The number of methoxy groups -OCH3 is 1. The van der Waals surface area contributed by atoms with Crippen molar-refractivity contribution in [2.75, 3.05) is 12.4 Å². The molecule has 1 amide bonds. The Balaban J connectivity index is 2.35. The van der Waals surface area contributed by atoms with Gasteiger partial charge in [0.2, 0.25) is 0 Å². The number of hydrogen-bond acceptors (Lipinski definition) is 3. The summed E-state index contributed by atoms with van der Waals surface area (Å²) in [5, 5.41) is 12.6. The number of phenolic OH excluding ortho intramolecular Hbond substituents is 1. The predicted octanol–water partition coefficient (Wildman–Crippen LogP) is 4.49. The van der Waals surface area contributed by atoms with E-state index >= 15 is 0 Å². The van der Waals surface area contributed by atoms with Gasteiger partial charge in [0.15, 0.2) is 0 Å². The van der Waals surface area contributed by atoms with Crippen LogP contribution >= 0.6 is 31.9 Å². The highest BCUT2D eigenvalue weighted by Crippen LogP contribution is 2.33. The summed E-state index contributed by atoms with van der Waals surface area (Å²) in [7, 11) is 1.50. The number of aromatic hydroxyl groups is 1. The topological polar surface area (TPSA) is 58.6 Å². The maximum Gasteiger partial charge on any atom is 0.259 e. The molecule has 0 heterocycles. The average molecular weight is 415 g/mol. The Hall–Kier alpha value is -1.53. The normalized spacial score (nSPS) is 10.3. The molecule has 0 fully saturated rings. The number of benzene rings is 2. The summed E-state index contributed by atoms with van der Waals surface area (Å²) >= 11 is 6.83. The number of rotatable bonds is 3. The van der Waals surface area contributed by atoms with Gasteiger partial charge in [0.25, 0.3) is 5.91 Å². The van der Waals surface area contributed by atoms with E-state index in [0.717, 1.165) is 14.5 Å². The number of ether oxygens (including phenoxy) is 1. The summed E-state index contributed by atoms with van der Waals surface area (Å²) in [5.41, 5.74) is 1.80. The molecule has 2 aromatic carbocycles. The van der Waals surface area contributed by atoms with Gasteiger partial charge in [0.1, 0.15) is 11.5 Å². The number of hydrogen-bond donors (Lipinski definition) is 2. The molecule has 21 heavy (non-hydrogen) atoms. The molecule has 6 heteroatoms. The van der Waals surface area contributed by atoms with Crippen molar-refractivity contribution in [2.24, 2.45) is 0 Å². The van der Waals surface area contributed by atoms with Crippen molar-refractivity contribution in [3.8, 4) is 11.5 Å². The van der Waals surface area contributed by atoms with Crippen LogP contribution in [0.2, 0.25) is 0 Å².